The van der Waals surface area contributed by atoms with Crippen molar-refractivity contribution in [3.63, 3.8) is 0 Å². The summed E-state index contributed by atoms with van der Waals surface area (Å²) in [6.45, 7) is 2.52. The van der Waals surface area contributed by atoms with E-state index in [1.807, 2.05) is 79.7 Å². The van der Waals surface area contributed by atoms with E-state index in [0.717, 1.165) is 22.0 Å². The van der Waals surface area contributed by atoms with Crippen LogP contribution in [0.2, 0.25) is 0 Å². The largest absolute Gasteiger partial charge is 0.323 e. The lowest BCUT2D eigenvalue weighted by Crippen LogP contribution is -2.30. The zero-order valence-corrected chi connectivity index (χ0v) is 17.9. The third kappa shape index (κ3) is 4.76. The van der Waals surface area contributed by atoms with Crippen molar-refractivity contribution in [1.29, 1.82) is 0 Å². The fourth-order valence-corrected chi connectivity index (χ4v) is 3.64. The van der Waals surface area contributed by atoms with Gasteiger partial charge in [-0.15, -0.1) is 0 Å². The third-order valence-corrected chi connectivity index (χ3v) is 5.24. The number of fused-ring (bicyclic) bond motifs is 1. The van der Waals surface area contributed by atoms with E-state index in [0.29, 0.717) is 17.8 Å². The molecule has 32 heavy (non-hydrogen) atoms. The molecule has 4 aromatic carbocycles. The Morgan fingerprint density at radius 3 is 2.25 bits per heavy atom. The highest BCUT2D eigenvalue weighted by Crippen LogP contribution is 2.28. The minimum absolute atomic E-state index is 0.0781. The van der Waals surface area contributed by atoms with Crippen LogP contribution in [-0.2, 0) is 4.79 Å². The smallest absolute Gasteiger partial charge is 0.258 e. The SMILES string of the molecule is CCN(C(=O)c1ccc(NC(=O)C=Cc2ccccc2)cc1)c1cccc2ccccc12. The van der Waals surface area contributed by atoms with E-state index in [9.17, 15) is 9.59 Å². The van der Waals surface area contributed by atoms with Gasteiger partial charge in [0.25, 0.3) is 5.91 Å². The number of amides is 2. The van der Waals surface area contributed by atoms with Gasteiger partial charge in [0.05, 0.1) is 5.69 Å². The first-order valence-corrected chi connectivity index (χ1v) is 10.6. The number of nitrogens with one attached hydrogen (secondary N) is 1. The van der Waals surface area contributed by atoms with Gasteiger partial charge in [0.2, 0.25) is 5.91 Å². The molecule has 0 fully saturated rings. The standard InChI is InChI=1S/C28H24N2O2/c1-2-30(26-14-8-12-22-11-6-7-13-25(22)26)28(32)23-16-18-24(19-17-23)29-27(31)20-15-21-9-4-3-5-10-21/h3-20H,2H2,1H3,(H,29,31). The van der Waals surface area contributed by atoms with E-state index in [1.54, 1.807) is 35.2 Å². The molecule has 0 aliphatic rings. The van der Waals surface area contributed by atoms with Crippen LogP contribution in [0, 0.1) is 0 Å². The number of benzene rings is 4. The maximum atomic E-state index is 13.2. The van der Waals surface area contributed by atoms with Gasteiger partial charge >= 0.3 is 0 Å². The van der Waals surface area contributed by atoms with Gasteiger partial charge in [-0.1, -0.05) is 66.7 Å². The molecule has 0 radical (unpaired) electrons. The van der Waals surface area contributed by atoms with Crippen molar-refractivity contribution in [2.24, 2.45) is 0 Å². The predicted molar refractivity (Wildman–Crippen MR) is 132 cm³/mol. The lowest BCUT2D eigenvalue weighted by atomic mass is 10.1. The lowest BCUT2D eigenvalue weighted by molar-refractivity contribution is -0.111. The van der Waals surface area contributed by atoms with Crippen molar-refractivity contribution in [2.45, 2.75) is 6.92 Å². The molecule has 0 aliphatic heterocycles. The van der Waals surface area contributed by atoms with Gasteiger partial charge in [0, 0.05) is 29.3 Å². The summed E-state index contributed by atoms with van der Waals surface area (Å²) in [5, 5.41) is 4.96. The minimum atomic E-state index is -0.223. The monoisotopic (exact) mass is 420 g/mol. The summed E-state index contributed by atoms with van der Waals surface area (Å²) in [6.07, 6.45) is 3.25. The number of hydrogen-bond acceptors (Lipinski definition) is 2. The van der Waals surface area contributed by atoms with Crippen LogP contribution >= 0.6 is 0 Å². The first kappa shape index (κ1) is 21.1. The van der Waals surface area contributed by atoms with Crippen molar-refractivity contribution < 1.29 is 9.59 Å². The van der Waals surface area contributed by atoms with Crippen LogP contribution in [0.1, 0.15) is 22.8 Å². The molecule has 4 aromatic rings. The van der Waals surface area contributed by atoms with Crippen LogP contribution in [-0.4, -0.2) is 18.4 Å². The first-order chi connectivity index (χ1) is 15.7. The molecule has 4 heteroatoms. The minimum Gasteiger partial charge on any atom is -0.323 e. The van der Waals surface area contributed by atoms with Crippen LogP contribution in [0.15, 0.2) is 103 Å². The molecule has 2 amide bonds. The van der Waals surface area contributed by atoms with Gasteiger partial charge in [-0.05, 0) is 54.3 Å². The molecule has 0 aliphatic carbocycles. The summed E-state index contributed by atoms with van der Waals surface area (Å²) >= 11 is 0. The molecule has 0 heterocycles. The van der Waals surface area contributed by atoms with E-state index in [1.165, 1.54) is 6.08 Å². The molecule has 0 saturated heterocycles. The number of anilines is 2. The van der Waals surface area contributed by atoms with E-state index < -0.39 is 0 Å². The maximum Gasteiger partial charge on any atom is 0.258 e. The molecule has 0 aromatic heterocycles. The number of carbonyl (C=O) groups excluding carboxylic acids is 2. The molecule has 0 bridgehead atoms. The van der Waals surface area contributed by atoms with Crippen LogP contribution in [0.4, 0.5) is 11.4 Å². The van der Waals surface area contributed by atoms with Crippen molar-refractivity contribution in [3.05, 3.63) is 114 Å². The van der Waals surface area contributed by atoms with Crippen molar-refractivity contribution in [3.8, 4) is 0 Å². The molecule has 0 spiro atoms. The van der Waals surface area contributed by atoms with Crippen molar-refractivity contribution in [1.82, 2.24) is 0 Å². The zero-order chi connectivity index (χ0) is 22.3. The zero-order valence-electron chi connectivity index (χ0n) is 17.9. The van der Waals surface area contributed by atoms with Gasteiger partial charge in [-0.25, -0.2) is 0 Å². The molecule has 158 valence electrons. The number of rotatable bonds is 6. The quantitative estimate of drug-likeness (QED) is 0.380. The van der Waals surface area contributed by atoms with Gasteiger partial charge in [-0.2, -0.15) is 0 Å². The fourth-order valence-electron chi connectivity index (χ4n) is 3.64. The molecular formula is C28H24N2O2. The van der Waals surface area contributed by atoms with Crippen molar-refractivity contribution in [2.75, 3.05) is 16.8 Å². The van der Waals surface area contributed by atoms with Gasteiger partial charge < -0.3 is 10.2 Å². The van der Waals surface area contributed by atoms with Crippen LogP contribution < -0.4 is 10.2 Å². The summed E-state index contributed by atoms with van der Waals surface area (Å²) in [5.74, 6) is -0.301. The van der Waals surface area contributed by atoms with Crippen LogP contribution in [0.5, 0.6) is 0 Å². The number of hydrogen-bond donors (Lipinski definition) is 1. The van der Waals surface area contributed by atoms with E-state index in [2.05, 4.69) is 5.32 Å². The average Bonchev–Trinajstić information content (AvgIpc) is 2.84. The van der Waals surface area contributed by atoms with E-state index >= 15 is 0 Å². The summed E-state index contributed by atoms with van der Waals surface area (Å²) < 4.78 is 0. The van der Waals surface area contributed by atoms with Crippen LogP contribution in [0.25, 0.3) is 16.8 Å². The van der Waals surface area contributed by atoms with E-state index in [4.69, 9.17) is 0 Å². The maximum absolute atomic E-state index is 13.2. The Hall–Kier alpha value is -4.18. The molecule has 1 N–H and O–H groups in total. The summed E-state index contributed by atoms with van der Waals surface area (Å²) in [5.41, 5.74) is 3.05. The highest BCUT2D eigenvalue weighted by molar-refractivity contribution is 6.11. The summed E-state index contributed by atoms with van der Waals surface area (Å²) in [4.78, 5) is 27.2. The molecule has 4 rings (SSSR count). The van der Waals surface area contributed by atoms with Gasteiger partial charge in [0.1, 0.15) is 0 Å². The molecule has 0 unspecified atom stereocenters. The Balaban J connectivity index is 1.48. The second kappa shape index (κ2) is 9.75. The van der Waals surface area contributed by atoms with Crippen molar-refractivity contribution >= 4 is 40.0 Å². The Labute approximate surface area is 187 Å². The second-order valence-electron chi connectivity index (χ2n) is 7.36. The molecule has 0 atom stereocenters. The second-order valence-corrected chi connectivity index (χ2v) is 7.36. The Morgan fingerprint density at radius 2 is 1.50 bits per heavy atom. The van der Waals surface area contributed by atoms with Crippen LogP contribution in [0.3, 0.4) is 0 Å². The third-order valence-electron chi connectivity index (χ3n) is 5.24. The Kier molecular flexibility index (Phi) is 6.42. The summed E-state index contributed by atoms with van der Waals surface area (Å²) in [7, 11) is 0. The highest BCUT2D eigenvalue weighted by atomic mass is 16.2. The highest BCUT2D eigenvalue weighted by Gasteiger charge is 2.18. The fraction of sp³-hybridized carbons (Fsp3) is 0.0714. The molecule has 0 saturated carbocycles. The molecular weight excluding hydrogens is 396 g/mol. The van der Waals surface area contributed by atoms with E-state index in [-0.39, 0.29) is 11.8 Å². The predicted octanol–water partition coefficient (Wildman–Crippen LogP) is 6.16. The number of carbonyl (C=O) groups is 2. The average molecular weight is 421 g/mol. The topological polar surface area (TPSA) is 49.4 Å². The Bertz CT molecular complexity index is 1260. The summed E-state index contributed by atoms with van der Waals surface area (Å²) in [6, 6.07) is 30.6. The Morgan fingerprint density at radius 1 is 0.812 bits per heavy atom. The normalized spacial score (nSPS) is 10.9. The van der Waals surface area contributed by atoms with Gasteiger partial charge in [-0.3, -0.25) is 9.59 Å². The van der Waals surface area contributed by atoms with Gasteiger partial charge in [0.15, 0.2) is 0 Å². The molecule has 4 nitrogen and oxygen atoms in total. The first-order valence-electron chi connectivity index (χ1n) is 10.6. The lowest BCUT2D eigenvalue weighted by Gasteiger charge is -2.23. The number of nitrogens with zero attached hydrogens (tertiary/aromatic N) is 1.